The van der Waals surface area contributed by atoms with Crippen LogP contribution >= 0.6 is 0 Å². The number of rotatable bonds is 6. The SMILES string of the molecule is Cc1cccc(NC(=O)NCC(=O)N(CC(=O)O)c2ccccc2)c1. The molecule has 0 saturated carbocycles. The van der Waals surface area contributed by atoms with E-state index >= 15 is 0 Å². The summed E-state index contributed by atoms with van der Waals surface area (Å²) in [4.78, 5) is 36.3. The van der Waals surface area contributed by atoms with Crippen molar-refractivity contribution in [2.45, 2.75) is 6.92 Å². The molecule has 7 heteroatoms. The van der Waals surface area contributed by atoms with Crippen LogP contribution in [0.15, 0.2) is 54.6 Å². The van der Waals surface area contributed by atoms with Crippen LogP contribution < -0.4 is 15.5 Å². The van der Waals surface area contributed by atoms with Crippen molar-refractivity contribution in [1.82, 2.24) is 5.32 Å². The molecule has 0 saturated heterocycles. The maximum Gasteiger partial charge on any atom is 0.323 e. The minimum atomic E-state index is -1.14. The zero-order valence-electron chi connectivity index (χ0n) is 13.7. The summed E-state index contributed by atoms with van der Waals surface area (Å²) in [5.41, 5.74) is 2.05. The molecule has 0 unspecified atom stereocenters. The number of carbonyl (C=O) groups is 3. The van der Waals surface area contributed by atoms with Crippen molar-refractivity contribution in [3.8, 4) is 0 Å². The summed E-state index contributed by atoms with van der Waals surface area (Å²) in [7, 11) is 0. The summed E-state index contributed by atoms with van der Waals surface area (Å²) in [6.07, 6.45) is 0. The van der Waals surface area contributed by atoms with E-state index < -0.39 is 24.5 Å². The molecule has 0 bridgehead atoms. The summed E-state index contributed by atoms with van der Waals surface area (Å²) >= 11 is 0. The molecule has 0 aliphatic carbocycles. The van der Waals surface area contributed by atoms with E-state index in [9.17, 15) is 14.4 Å². The van der Waals surface area contributed by atoms with Crippen molar-refractivity contribution >= 4 is 29.3 Å². The van der Waals surface area contributed by atoms with Crippen molar-refractivity contribution < 1.29 is 19.5 Å². The van der Waals surface area contributed by atoms with Gasteiger partial charge in [0.15, 0.2) is 0 Å². The molecule has 7 nitrogen and oxygen atoms in total. The van der Waals surface area contributed by atoms with Crippen molar-refractivity contribution in [3.05, 3.63) is 60.2 Å². The number of hydrogen-bond donors (Lipinski definition) is 3. The average Bonchev–Trinajstić information content (AvgIpc) is 2.58. The Morgan fingerprint density at radius 1 is 1.04 bits per heavy atom. The lowest BCUT2D eigenvalue weighted by Gasteiger charge is -2.21. The highest BCUT2D eigenvalue weighted by Gasteiger charge is 2.19. The van der Waals surface area contributed by atoms with E-state index in [0.717, 1.165) is 10.5 Å². The van der Waals surface area contributed by atoms with Crippen LogP contribution in [-0.2, 0) is 9.59 Å². The lowest BCUT2D eigenvalue weighted by Crippen LogP contribution is -2.43. The molecular formula is C18H19N3O4. The van der Waals surface area contributed by atoms with Gasteiger partial charge in [-0.15, -0.1) is 0 Å². The molecule has 0 heterocycles. The van der Waals surface area contributed by atoms with Crippen molar-refractivity contribution in [3.63, 3.8) is 0 Å². The number of hydrogen-bond acceptors (Lipinski definition) is 3. The first-order valence-corrected chi connectivity index (χ1v) is 7.64. The van der Waals surface area contributed by atoms with Crippen LogP contribution in [0.5, 0.6) is 0 Å². The summed E-state index contributed by atoms with van der Waals surface area (Å²) in [5, 5.41) is 14.1. The number of nitrogens with zero attached hydrogens (tertiary/aromatic N) is 1. The predicted octanol–water partition coefficient (Wildman–Crippen LogP) is 2.23. The van der Waals surface area contributed by atoms with Crippen LogP contribution in [0.2, 0.25) is 0 Å². The summed E-state index contributed by atoms with van der Waals surface area (Å²) in [6.45, 7) is 1.10. The Bertz CT molecular complexity index is 762. The third-order valence-electron chi connectivity index (χ3n) is 3.34. The van der Waals surface area contributed by atoms with E-state index in [1.54, 1.807) is 48.5 Å². The summed E-state index contributed by atoms with van der Waals surface area (Å²) in [5.74, 6) is -1.66. The molecule has 0 atom stereocenters. The Morgan fingerprint density at radius 2 is 1.76 bits per heavy atom. The van der Waals surface area contributed by atoms with Gasteiger partial charge in [-0.3, -0.25) is 14.5 Å². The van der Waals surface area contributed by atoms with Gasteiger partial charge in [-0.1, -0.05) is 30.3 Å². The molecule has 2 rings (SSSR count). The van der Waals surface area contributed by atoms with E-state index in [-0.39, 0.29) is 6.54 Å². The Morgan fingerprint density at radius 3 is 2.40 bits per heavy atom. The molecule has 0 aromatic heterocycles. The fourth-order valence-electron chi connectivity index (χ4n) is 2.22. The van der Waals surface area contributed by atoms with Crippen LogP contribution in [0.4, 0.5) is 16.2 Å². The number of carbonyl (C=O) groups excluding carboxylic acids is 2. The Kier molecular flexibility index (Phi) is 6.11. The van der Waals surface area contributed by atoms with Gasteiger partial charge in [0, 0.05) is 11.4 Å². The third kappa shape index (κ3) is 5.65. The summed E-state index contributed by atoms with van der Waals surface area (Å²) < 4.78 is 0. The summed E-state index contributed by atoms with van der Waals surface area (Å²) in [6, 6.07) is 15.1. The molecule has 0 fully saturated rings. The van der Waals surface area contributed by atoms with Gasteiger partial charge >= 0.3 is 12.0 Å². The number of amides is 3. The number of anilines is 2. The lowest BCUT2D eigenvalue weighted by molar-refractivity contribution is -0.136. The van der Waals surface area contributed by atoms with Gasteiger partial charge in [0.2, 0.25) is 5.91 Å². The number of carboxylic acids is 1. The molecule has 0 spiro atoms. The molecule has 0 radical (unpaired) electrons. The normalized spacial score (nSPS) is 9.96. The first-order valence-electron chi connectivity index (χ1n) is 7.64. The van der Waals surface area contributed by atoms with Crippen molar-refractivity contribution in [2.24, 2.45) is 0 Å². The van der Waals surface area contributed by atoms with E-state index in [4.69, 9.17) is 5.11 Å². The highest BCUT2D eigenvalue weighted by atomic mass is 16.4. The fraction of sp³-hybridized carbons (Fsp3) is 0.167. The van der Waals surface area contributed by atoms with E-state index in [2.05, 4.69) is 10.6 Å². The van der Waals surface area contributed by atoms with Gasteiger partial charge in [0.25, 0.3) is 0 Å². The highest BCUT2D eigenvalue weighted by Crippen LogP contribution is 2.13. The van der Waals surface area contributed by atoms with Crippen LogP contribution in [0.1, 0.15) is 5.56 Å². The molecule has 0 aliphatic heterocycles. The second-order valence-corrected chi connectivity index (χ2v) is 5.39. The standard InChI is InChI=1S/C18H19N3O4/c1-13-6-5-7-14(10-13)20-18(25)19-11-16(22)21(12-17(23)24)15-8-3-2-4-9-15/h2-10H,11-12H2,1H3,(H,23,24)(H2,19,20,25). The van der Waals surface area contributed by atoms with Crippen LogP contribution in [0, 0.1) is 6.92 Å². The molecule has 130 valence electrons. The molecule has 2 aromatic rings. The number of aryl methyl sites for hydroxylation is 1. The second kappa shape index (κ2) is 8.49. The largest absolute Gasteiger partial charge is 0.480 e. The number of urea groups is 1. The van der Waals surface area contributed by atoms with Crippen LogP contribution in [0.25, 0.3) is 0 Å². The van der Waals surface area contributed by atoms with Gasteiger partial charge in [0.05, 0.1) is 6.54 Å². The van der Waals surface area contributed by atoms with Gasteiger partial charge < -0.3 is 15.7 Å². The number of para-hydroxylation sites is 1. The zero-order valence-corrected chi connectivity index (χ0v) is 13.7. The molecule has 3 amide bonds. The number of carboxylic acid groups (broad SMARTS) is 1. The minimum Gasteiger partial charge on any atom is -0.480 e. The van der Waals surface area contributed by atoms with Gasteiger partial charge in [-0.05, 0) is 36.8 Å². The zero-order chi connectivity index (χ0) is 18.2. The molecule has 2 aromatic carbocycles. The topological polar surface area (TPSA) is 98.7 Å². The maximum atomic E-state index is 12.3. The maximum absolute atomic E-state index is 12.3. The lowest BCUT2D eigenvalue weighted by atomic mass is 10.2. The van der Waals surface area contributed by atoms with Crippen molar-refractivity contribution in [1.29, 1.82) is 0 Å². The number of nitrogens with one attached hydrogen (secondary N) is 2. The fourth-order valence-corrected chi connectivity index (χ4v) is 2.22. The van der Waals surface area contributed by atoms with E-state index in [1.807, 2.05) is 13.0 Å². The molecular weight excluding hydrogens is 322 g/mol. The monoisotopic (exact) mass is 341 g/mol. The first-order chi connectivity index (χ1) is 12.0. The quantitative estimate of drug-likeness (QED) is 0.750. The molecule has 25 heavy (non-hydrogen) atoms. The molecule has 0 aliphatic rings. The van der Waals surface area contributed by atoms with E-state index in [0.29, 0.717) is 11.4 Å². The van der Waals surface area contributed by atoms with Gasteiger partial charge in [-0.25, -0.2) is 4.79 Å². The molecule has 3 N–H and O–H groups in total. The second-order valence-electron chi connectivity index (χ2n) is 5.39. The Balaban J connectivity index is 1.96. The predicted molar refractivity (Wildman–Crippen MR) is 94.6 cm³/mol. The Hall–Kier alpha value is -3.35. The van der Waals surface area contributed by atoms with Gasteiger partial charge in [0.1, 0.15) is 6.54 Å². The smallest absolute Gasteiger partial charge is 0.323 e. The number of aliphatic carboxylic acids is 1. The van der Waals surface area contributed by atoms with Crippen molar-refractivity contribution in [2.75, 3.05) is 23.3 Å². The first kappa shape index (κ1) is 18.0. The van der Waals surface area contributed by atoms with Gasteiger partial charge in [-0.2, -0.15) is 0 Å². The number of benzene rings is 2. The minimum absolute atomic E-state index is 0.320. The highest BCUT2D eigenvalue weighted by molar-refractivity contribution is 6.01. The average molecular weight is 341 g/mol. The van der Waals surface area contributed by atoms with Crippen LogP contribution in [-0.4, -0.2) is 36.1 Å². The van der Waals surface area contributed by atoms with E-state index in [1.165, 1.54) is 0 Å². The van der Waals surface area contributed by atoms with Crippen LogP contribution in [0.3, 0.4) is 0 Å². The third-order valence-corrected chi connectivity index (χ3v) is 3.34. The Labute approximate surface area is 145 Å².